The van der Waals surface area contributed by atoms with Gasteiger partial charge >= 0.3 is 0 Å². The number of carbonyl (C=O) groups is 2. The predicted molar refractivity (Wildman–Crippen MR) is 74.9 cm³/mol. The van der Waals surface area contributed by atoms with Crippen molar-refractivity contribution in [2.75, 3.05) is 0 Å². The number of hydrogen-bond acceptors (Lipinski definition) is 3. The van der Waals surface area contributed by atoms with Crippen molar-refractivity contribution in [3.05, 3.63) is 23.7 Å². The van der Waals surface area contributed by atoms with Crippen LogP contribution in [0.15, 0.2) is 16.5 Å². The van der Waals surface area contributed by atoms with Crippen LogP contribution in [0.25, 0.3) is 0 Å². The van der Waals surface area contributed by atoms with E-state index >= 15 is 0 Å². The maximum atomic E-state index is 12.6. The Morgan fingerprint density at radius 1 is 1.25 bits per heavy atom. The zero-order valence-electron chi connectivity index (χ0n) is 12.6. The first-order valence-electron chi connectivity index (χ1n) is 7.01. The largest absolute Gasteiger partial charge is 0.464 e. The van der Waals surface area contributed by atoms with Crippen LogP contribution in [-0.4, -0.2) is 28.8 Å². The number of rotatable bonds is 3. The average molecular weight is 278 g/mol. The van der Waals surface area contributed by atoms with E-state index in [-0.39, 0.29) is 23.8 Å². The summed E-state index contributed by atoms with van der Waals surface area (Å²) >= 11 is 0. The molecule has 1 aliphatic rings. The number of nitrogens with zero attached hydrogens (tertiary/aromatic N) is 1. The Bertz CT molecular complexity index is 521. The van der Waals surface area contributed by atoms with Gasteiger partial charge in [-0.3, -0.25) is 9.59 Å². The second-order valence-corrected chi connectivity index (χ2v) is 5.78. The highest BCUT2D eigenvalue weighted by Crippen LogP contribution is 2.28. The first-order valence-corrected chi connectivity index (χ1v) is 7.01. The van der Waals surface area contributed by atoms with Crippen molar-refractivity contribution in [3.8, 4) is 0 Å². The van der Waals surface area contributed by atoms with Gasteiger partial charge in [0.2, 0.25) is 11.8 Å². The molecular weight excluding hydrogens is 256 g/mol. The van der Waals surface area contributed by atoms with Gasteiger partial charge < -0.3 is 14.6 Å². The van der Waals surface area contributed by atoms with Gasteiger partial charge in [-0.25, -0.2) is 0 Å². The first kappa shape index (κ1) is 14.6. The molecule has 1 saturated heterocycles. The number of piperazine rings is 1. The molecule has 3 unspecified atom stereocenters. The minimum Gasteiger partial charge on any atom is -0.464 e. The Balaban J connectivity index is 2.31. The summed E-state index contributed by atoms with van der Waals surface area (Å²) in [5.74, 6) is 1.41. The van der Waals surface area contributed by atoms with Crippen LogP contribution in [0.4, 0.5) is 0 Å². The second-order valence-electron chi connectivity index (χ2n) is 5.78. The van der Waals surface area contributed by atoms with E-state index in [1.54, 1.807) is 11.8 Å². The van der Waals surface area contributed by atoms with Crippen molar-refractivity contribution in [2.24, 2.45) is 5.92 Å². The molecule has 1 aliphatic heterocycles. The second kappa shape index (κ2) is 5.31. The van der Waals surface area contributed by atoms with E-state index in [0.29, 0.717) is 5.76 Å². The van der Waals surface area contributed by atoms with Gasteiger partial charge in [0.15, 0.2) is 0 Å². The van der Waals surface area contributed by atoms with Crippen LogP contribution >= 0.6 is 0 Å². The zero-order valence-corrected chi connectivity index (χ0v) is 12.6. The molecule has 1 aromatic heterocycles. The van der Waals surface area contributed by atoms with Crippen molar-refractivity contribution >= 4 is 11.8 Å². The van der Waals surface area contributed by atoms with E-state index in [2.05, 4.69) is 5.32 Å². The van der Waals surface area contributed by atoms with Gasteiger partial charge in [-0.15, -0.1) is 0 Å². The number of furan rings is 1. The summed E-state index contributed by atoms with van der Waals surface area (Å²) in [5.41, 5.74) is 0. The molecule has 110 valence electrons. The molecular formula is C15H22N2O3. The lowest BCUT2D eigenvalue weighted by Gasteiger charge is -2.41. The van der Waals surface area contributed by atoms with Gasteiger partial charge in [0.25, 0.3) is 0 Å². The van der Waals surface area contributed by atoms with Crippen LogP contribution in [0.3, 0.4) is 0 Å². The quantitative estimate of drug-likeness (QED) is 0.920. The van der Waals surface area contributed by atoms with Crippen LogP contribution in [0, 0.1) is 12.8 Å². The van der Waals surface area contributed by atoms with Crippen molar-refractivity contribution in [1.82, 2.24) is 10.2 Å². The molecule has 2 heterocycles. The summed E-state index contributed by atoms with van der Waals surface area (Å²) in [6, 6.07) is 2.52. The van der Waals surface area contributed by atoms with Crippen LogP contribution in [0.1, 0.15) is 45.3 Å². The topological polar surface area (TPSA) is 62.6 Å². The third kappa shape index (κ3) is 2.44. The number of aryl methyl sites for hydroxylation is 1. The summed E-state index contributed by atoms with van der Waals surface area (Å²) in [5, 5.41) is 2.80. The summed E-state index contributed by atoms with van der Waals surface area (Å²) in [4.78, 5) is 26.3. The molecule has 5 heteroatoms. The van der Waals surface area contributed by atoms with Crippen molar-refractivity contribution in [1.29, 1.82) is 0 Å². The van der Waals surface area contributed by atoms with Gasteiger partial charge in [-0.05, 0) is 38.8 Å². The monoisotopic (exact) mass is 278 g/mol. The van der Waals surface area contributed by atoms with E-state index in [9.17, 15) is 9.59 Å². The lowest BCUT2D eigenvalue weighted by atomic mass is 9.96. The van der Waals surface area contributed by atoms with E-state index < -0.39 is 12.1 Å². The molecule has 0 aromatic carbocycles. The van der Waals surface area contributed by atoms with Crippen molar-refractivity contribution in [2.45, 2.75) is 52.7 Å². The Kier molecular flexibility index (Phi) is 3.88. The fourth-order valence-electron chi connectivity index (χ4n) is 2.61. The standard InChI is InChI=1S/C15H22N2O3/c1-8(2)13-15(19)17(11(5)14(18)16-13)10(4)12-7-6-9(3)20-12/h6-8,10-11,13H,1-5H3,(H,16,18). The van der Waals surface area contributed by atoms with E-state index in [1.165, 1.54) is 0 Å². The lowest BCUT2D eigenvalue weighted by molar-refractivity contribution is -0.152. The Morgan fingerprint density at radius 3 is 2.40 bits per heavy atom. The molecule has 0 radical (unpaired) electrons. The Morgan fingerprint density at radius 2 is 1.90 bits per heavy atom. The molecule has 20 heavy (non-hydrogen) atoms. The molecule has 1 fully saturated rings. The maximum Gasteiger partial charge on any atom is 0.246 e. The molecule has 0 spiro atoms. The van der Waals surface area contributed by atoms with E-state index in [0.717, 1.165) is 5.76 Å². The van der Waals surface area contributed by atoms with E-state index in [1.807, 2.05) is 39.8 Å². The highest BCUT2D eigenvalue weighted by Gasteiger charge is 2.42. The molecule has 3 atom stereocenters. The molecule has 1 aromatic rings. The zero-order chi connectivity index (χ0) is 15.0. The molecule has 0 bridgehead atoms. The minimum absolute atomic E-state index is 0.0475. The third-order valence-electron chi connectivity index (χ3n) is 3.87. The third-order valence-corrected chi connectivity index (χ3v) is 3.87. The normalized spacial score (nSPS) is 25.0. The van der Waals surface area contributed by atoms with Gasteiger partial charge in [-0.1, -0.05) is 13.8 Å². The highest BCUT2D eigenvalue weighted by molar-refractivity contribution is 5.97. The predicted octanol–water partition coefficient (Wildman–Crippen LogP) is 2.02. The fraction of sp³-hybridized carbons (Fsp3) is 0.600. The molecule has 2 amide bonds. The smallest absolute Gasteiger partial charge is 0.246 e. The molecule has 0 saturated carbocycles. The van der Waals surface area contributed by atoms with Gasteiger partial charge in [0.1, 0.15) is 23.6 Å². The number of nitrogens with one attached hydrogen (secondary N) is 1. The maximum absolute atomic E-state index is 12.6. The summed E-state index contributed by atoms with van der Waals surface area (Å²) in [6.07, 6.45) is 0. The summed E-state index contributed by atoms with van der Waals surface area (Å²) in [6.45, 7) is 9.36. The van der Waals surface area contributed by atoms with Crippen LogP contribution < -0.4 is 5.32 Å². The van der Waals surface area contributed by atoms with Gasteiger partial charge in [0, 0.05) is 0 Å². The van der Waals surface area contributed by atoms with Gasteiger partial charge in [0.05, 0.1) is 6.04 Å². The highest BCUT2D eigenvalue weighted by atomic mass is 16.3. The van der Waals surface area contributed by atoms with Crippen LogP contribution in [0.5, 0.6) is 0 Å². The molecule has 0 aliphatic carbocycles. The Hall–Kier alpha value is -1.78. The van der Waals surface area contributed by atoms with Crippen LogP contribution in [-0.2, 0) is 9.59 Å². The van der Waals surface area contributed by atoms with E-state index in [4.69, 9.17) is 4.42 Å². The molecule has 2 rings (SSSR count). The molecule has 1 N–H and O–H groups in total. The van der Waals surface area contributed by atoms with Crippen molar-refractivity contribution in [3.63, 3.8) is 0 Å². The number of amides is 2. The summed E-state index contributed by atoms with van der Waals surface area (Å²) < 4.78 is 5.60. The first-order chi connectivity index (χ1) is 9.32. The van der Waals surface area contributed by atoms with Crippen molar-refractivity contribution < 1.29 is 14.0 Å². The summed E-state index contributed by atoms with van der Waals surface area (Å²) in [7, 11) is 0. The minimum atomic E-state index is -0.488. The SMILES string of the molecule is Cc1ccc(C(C)N2C(=O)C(C(C)C)NC(=O)C2C)o1. The number of carbonyl (C=O) groups excluding carboxylic acids is 2. The number of hydrogen-bond donors (Lipinski definition) is 1. The lowest BCUT2D eigenvalue weighted by Crippen LogP contribution is -2.64. The molecule has 5 nitrogen and oxygen atoms in total. The van der Waals surface area contributed by atoms with Gasteiger partial charge in [-0.2, -0.15) is 0 Å². The average Bonchev–Trinajstić information content (AvgIpc) is 2.80. The fourth-order valence-corrected chi connectivity index (χ4v) is 2.61. The van der Waals surface area contributed by atoms with Crippen LogP contribution in [0.2, 0.25) is 0 Å². The Labute approximate surface area is 119 Å².